The van der Waals surface area contributed by atoms with Crippen LogP contribution in [0.15, 0.2) is 18.6 Å². The zero-order valence-corrected chi connectivity index (χ0v) is 16.8. The number of piperidine rings is 2. The lowest BCUT2D eigenvalue weighted by Gasteiger charge is -2.53. The van der Waals surface area contributed by atoms with Gasteiger partial charge in [-0.1, -0.05) is 0 Å². The zero-order valence-electron chi connectivity index (χ0n) is 16.8. The third-order valence-electron chi connectivity index (χ3n) is 6.48. The fraction of sp³-hybridized carbons (Fsp3) is 0.684. The largest absolute Gasteiger partial charge is 0.355 e. The monoisotopic (exact) mass is 386 g/mol. The van der Waals surface area contributed by atoms with Gasteiger partial charge in [0, 0.05) is 45.0 Å². The third-order valence-corrected chi connectivity index (χ3v) is 6.48. The number of aromatic nitrogens is 5. The Morgan fingerprint density at radius 1 is 1.36 bits per heavy atom. The highest BCUT2D eigenvalue weighted by Gasteiger charge is 2.51. The first-order valence-corrected chi connectivity index (χ1v) is 10.1. The molecule has 0 bridgehead atoms. The van der Waals surface area contributed by atoms with Gasteiger partial charge in [-0.05, 0) is 39.4 Å². The number of likely N-dealkylation sites (N-methyl/N-ethyl adjacent to an activating group) is 1. The minimum atomic E-state index is -0.297. The van der Waals surface area contributed by atoms with E-state index in [9.17, 15) is 4.79 Å². The van der Waals surface area contributed by atoms with Gasteiger partial charge in [-0.3, -0.25) is 9.69 Å². The number of aromatic amines is 1. The number of rotatable bonds is 6. The highest BCUT2D eigenvalue weighted by Crippen LogP contribution is 2.42. The van der Waals surface area contributed by atoms with Crippen LogP contribution in [0.4, 0.5) is 0 Å². The first-order valence-electron chi connectivity index (χ1n) is 10.1. The standard InChI is InChI=1S/C19H30N8O/c1-25-9-3-5-19(18(28)21-7-4-15-12-22-24-23-15)6-10-27(13-16(19)25)14-17-20-8-11-26(17)2/h8,11-12,16H,3-7,9-10,13-14H2,1-2H3,(H,21,28)(H,22,23,24)/t16-,19+/m0/s1. The molecular weight excluding hydrogens is 356 g/mol. The Labute approximate surface area is 165 Å². The molecule has 152 valence electrons. The average molecular weight is 387 g/mol. The van der Waals surface area contributed by atoms with Crippen molar-refractivity contribution in [3.05, 3.63) is 30.1 Å². The van der Waals surface area contributed by atoms with Gasteiger partial charge in [0.2, 0.25) is 5.91 Å². The number of fused-ring (bicyclic) bond motifs is 1. The van der Waals surface area contributed by atoms with Gasteiger partial charge in [-0.15, -0.1) is 0 Å². The molecule has 9 heteroatoms. The molecule has 0 unspecified atom stereocenters. The topological polar surface area (TPSA) is 95.0 Å². The van der Waals surface area contributed by atoms with Crippen LogP contribution in [0.2, 0.25) is 0 Å². The maximum Gasteiger partial charge on any atom is 0.227 e. The minimum absolute atomic E-state index is 0.198. The van der Waals surface area contributed by atoms with Crippen LogP contribution in [0.25, 0.3) is 0 Å². The quantitative estimate of drug-likeness (QED) is 0.736. The van der Waals surface area contributed by atoms with E-state index in [1.165, 1.54) is 0 Å². The highest BCUT2D eigenvalue weighted by atomic mass is 16.2. The Bertz CT molecular complexity index is 788. The second-order valence-electron chi connectivity index (χ2n) is 8.16. The number of amides is 1. The van der Waals surface area contributed by atoms with Crippen LogP contribution < -0.4 is 5.32 Å². The fourth-order valence-electron chi connectivity index (χ4n) is 4.78. The van der Waals surface area contributed by atoms with E-state index in [1.54, 1.807) is 6.20 Å². The molecule has 1 amide bonds. The smallest absolute Gasteiger partial charge is 0.227 e. The van der Waals surface area contributed by atoms with Crippen molar-refractivity contribution in [3.8, 4) is 0 Å². The SMILES string of the molecule is CN1CCC[C@@]2(C(=O)NCCc3cn[nH]n3)CCN(Cc3nccn3C)C[C@H]12. The minimum Gasteiger partial charge on any atom is -0.355 e. The number of carbonyl (C=O) groups excluding carboxylic acids is 1. The van der Waals surface area contributed by atoms with Gasteiger partial charge >= 0.3 is 0 Å². The molecule has 2 aromatic rings. The fourth-order valence-corrected chi connectivity index (χ4v) is 4.78. The van der Waals surface area contributed by atoms with Crippen molar-refractivity contribution < 1.29 is 4.79 Å². The van der Waals surface area contributed by atoms with Gasteiger partial charge < -0.3 is 14.8 Å². The molecule has 4 rings (SSSR count). The second kappa shape index (κ2) is 8.00. The summed E-state index contributed by atoms with van der Waals surface area (Å²) in [6.07, 6.45) is 9.17. The van der Waals surface area contributed by atoms with E-state index in [1.807, 2.05) is 19.4 Å². The Morgan fingerprint density at radius 2 is 2.25 bits per heavy atom. The maximum absolute atomic E-state index is 13.3. The summed E-state index contributed by atoms with van der Waals surface area (Å²) in [6.45, 7) is 4.31. The number of nitrogens with one attached hydrogen (secondary N) is 2. The number of likely N-dealkylation sites (tertiary alicyclic amines) is 2. The molecule has 0 aliphatic carbocycles. The third kappa shape index (κ3) is 3.68. The Morgan fingerprint density at radius 3 is 3.00 bits per heavy atom. The number of carbonyl (C=O) groups is 1. The number of H-pyrrole nitrogens is 1. The molecule has 2 fully saturated rings. The number of hydrogen-bond acceptors (Lipinski definition) is 6. The van der Waals surface area contributed by atoms with Crippen molar-refractivity contribution >= 4 is 5.91 Å². The molecule has 0 saturated carbocycles. The molecule has 2 N–H and O–H groups in total. The van der Waals surface area contributed by atoms with Crippen molar-refractivity contribution in [2.24, 2.45) is 12.5 Å². The van der Waals surface area contributed by atoms with Crippen molar-refractivity contribution in [1.29, 1.82) is 0 Å². The lowest BCUT2D eigenvalue weighted by molar-refractivity contribution is -0.144. The highest BCUT2D eigenvalue weighted by molar-refractivity contribution is 5.84. The van der Waals surface area contributed by atoms with Crippen molar-refractivity contribution in [3.63, 3.8) is 0 Å². The van der Waals surface area contributed by atoms with E-state index in [2.05, 4.69) is 47.1 Å². The first-order chi connectivity index (χ1) is 13.6. The molecule has 28 heavy (non-hydrogen) atoms. The van der Waals surface area contributed by atoms with Gasteiger partial charge in [0.05, 0.1) is 23.9 Å². The molecule has 0 spiro atoms. The first kappa shape index (κ1) is 19.1. The van der Waals surface area contributed by atoms with E-state index in [0.29, 0.717) is 13.0 Å². The molecule has 2 aliphatic heterocycles. The average Bonchev–Trinajstić information content (AvgIpc) is 3.35. The van der Waals surface area contributed by atoms with Gasteiger partial charge in [0.1, 0.15) is 5.82 Å². The molecule has 2 atom stereocenters. The summed E-state index contributed by atoms with van der Waals surface area (Å²) in [7, 11) is 4.19. The lowest BCUT2D eigenvalue weighted by Crippen LogP contribution is -2.65. The lowest BCUT2D eigenvalue weighted by atomic mass is 9.67. The van der Waals surface area contributed by atoms with Crippen LogP contribution in [-0.2, 0) is 24.8 Å². The number of imidazole rings is 1. The normalized spacial score (nSPS) is 26.1. The second-order valence-corrected chi connectivity index (χ2v) is 8.16. The molecule has 0 aromatic carbocycles. The van der Waals surface area contributed by atoms with E-state index < -0.39 is 0 Å². The van der Waals surface area contributed by atoms with Crippen LogP contribution in [0.3, 0.4) is 0 Å². The van der Waals surface area contributed by atoms with Gasteiger partial charge in [-0.25, -0.2) is 4.98 Å². The molecule has 4 heterocycles. The summed E-state index contributed by atoms with van der Waals surface area (Å²) >= 11 is 0. The van der Waals surface area contributed by atoms with Crippen molar-refractivity contribution in [1.82, 2.24) is 40.1 Å². The van der Waals surface area contributed by atoms with Gasteiger partial charge in [0.25, 0.3) is 0 Å². The van der Waals surface area contributed by atoms with E-state index in [0.717, 1.165) is 57.0 Å². The van der Waals surface area contributed by atoms with Crippen LogP contribution in [0, 0.1) is 5.41 Å². The summed E-state index contributed by atoms with van der Waals surface area (Å²) in [4.78, 5) is 22.6. The molecule has 0 radical (unpaired) electrons. The summed E-state index contributed by atoms with van der Waals surface area (Å²) in [5.41, 5.74) is 0.578. The van der Waals surface area contributed by atoms with Crippen LogP contribution >= 0.6 is 0 Å². The van der Waals surface area contributed by atoms with E-state index in [4.69, 9.17) is 0 Å². The van der Waals surface area contributed by atoms with Crippen LogP contribution in [0.5, 0.6) is 0 Å². The van der Waals surface area contributed by atoms with Crippen LogP contribution in [-0.4, -0.2) is 79.9 Å². The molecule has 9 nitrogen and oxygen atoms in total. The van der Waals surface area contributed by atoms with Crippen LogP contribution in [0.1, 0.15) is 30.8 Å². The maximum atomic E-state index is 13.3. The summed E-state index contributed by atoms with van der Waals surface area (Å²) in [5, 5.41) is 13.7. The van der Waals surface area contributed by atoms with Crippen molar-refractivity contribution in [2.45, 2.75) is 38.3 Å². The van der Waals surface area contributed by atoms with Gasteiger partial charge in [0.15, 0.2) is 0 Å². The summed E-state index contributed by atoms with van der Waals surface area (Å²) in [5.74, 6) is 1.27. The molecule has 2 aromatic heterocycles. The van der Waals surface area contributed by atoms with E-state index in [-0.39, 0.29) is 17.4 Å². The Balaban J connectivity index is 1.42. The van der Waals surface area contributed by atoms with E-state index >= 15 is 0 Å². The molecule has 2 saturated heterocycles. The molecule has 2 aliphatic rings. The summed E-state index contributed by atoms with van der Waals surface area (Å²) < 4.78 is 2.07. The Kier molecular flexibility index (Phi) is 5.45. The Hall–Kier alpha value is -2.26. The number of nitrogens with zero attached hydrogens (tertiary/aromatic N) is 6. The predicted molar refractivity (Wildman–Crippen MR) is 104 cm³/mol. The summed E-state index contributed by atoms with van der Waals surface area (Å²) in [6, 6.07) is 0.238. The van der Waals surface area contributed by atoms with Crippen molar-refractivity contribution in [2.75, 3.05) is 33.2 Å². The van der Waals surface area contributed by atoms with Gasteiger partial charge in [-0.2, -0.15) is 15.4 Å². The predicted octanol–water partition coefficient (Wildman–Crippen LogP) is 0.183. The molecular formula is C19H30N8O. The number of hydrogen-bond donors (Lipinski definition) is 2. The zero-order chi connectivity index (χ0) is 19.6. The number of aryl methyl sites for hydroxylation is 1.